The zero-order valence-electron chi connectivity index (χ0n) is 18.3. The van der Waals surface area contributed by atoms with Gasteiger partial charge in [-0.1, -0.05) is 24.3 Å². The molecule has 0 radical (unpaired) electrons. The van der Waals surface area contributed by atoms with E-state index >= 15 is 0 Å². The van der Waals surface area contributed by atoms with Gasteiger partial charge in [0.15, 0.2) is 6.29 Å². The summed E-state index contributed by atoms with van der Waals surface area (Å²) >= 11 is 0. The van der Waals surface area contributed by atoms with Crippen molar-refractivity contribution in [1.82, 2.24) is 4.98 Å². The molecular formula is C25H28N2O5. The molecule has 0 spiro atoms. The van der Waals surface area contributed by atoms with E-state index in [-0.39, 0.29) is 18.4 Å². The van der Waals surface area contributed by atoms with Crippen molar-refractivity contribution < 1.29 is 24.1 Å². The van der Waals surface area contributed by atoms with Crippen LogP contribution in [0.25, 0.3) is 0 Å². The van der Waals surface area contributed by atoms with Gasteiger partial charge in [0.1, 0.15) is 17.9 Å². The first kappa shape index (κ1) is 23.5. The molecule has 1 aromatic carbocycles. The minimum Gasteiger partial charge on any atom is -0.484 e. The van der Waals surface area contributed by atoms with Gasteiger partial charge in [-0.3, -0.25) is 9.78 Å². The molecule has 168 valence electrons. The highest BCUT2D eigenvalue weighted by atomic mass is 16.7. The standard InChI is InChI=1S/C25H28N2O5/c1-17-10-11-22(21(13-17)14-26)31-18(2)25-30-16-20(7-4-3-5-9-23(28)29)24(32-25)19-8-6-12-27-15-19/h3-4,6,8,10-13,15,18,20,24-25H,5,7,9,16H2,1-2H3,(H,28,29)/b4-3+. The summed E-state index contributed by atoms with van der Waals surface area (Å²) in [6, 6.07) is 11.5. The summed E-state index contributed by atoms with van der Waals surface area (Å²) < 4.78 is 18.3. The highest BCUT2D eigenvalue weighted by Crippen LogP contribution is 2.36. The normalized spacial score (nSPS) is 21.7. The van der Waals surface area contributed by atoms with Crippen molar-refractivity contribution in [3.63, 3.8) is 0 Å². The third kappa shape index (κ3) is 6.39. The van der Waals surface area contributed by atoms with Crippen molar-refractivity contribution in [2.24, 2.45) is 5.92 Å². The van der Waals surface area contributed by atoms with Crippen LogP contribution in [0.2, 0.25) is 0 Å². The number of hydrogen-bond acceptors (Lipinski definition) is 6. The van der Waals surface area contributed by atoms with E-state index in [1.807, 2.05) is 44.2 Å². The fraction of sp³-hybridized carbons (Fsp3) is 0.400. The summed E-state index contributed by atoms with van der Waals surface area (Å²) in [6.45, 7) is 4.24. The lowest BCUT2D eigenvalue weighted by molar-refractivity contribution is -0.264. The number of carboxylic acid groups (broad SMARTS) is 1. The molecule has 0 bridgehead atoms. The smallest absolute Gasteiger partial charge is 0.303 e. The second kappa shape index (κ2) is 11.4. The number of benzene rings is 1. The van der Waals surface area contributed by atoms with Gasteiger partial charge >= 0.3 is 5.97 Å². The summed E-state index contributed by atoms with van der Waals surface area (Å²) in [6.07, 6.45) is 7.37. The van der Waals surface area contributed by atoms with Gasteiger partial charge in [0.25, 0.3) is 0 Å². The molecule has 1 aromatic heterocycles. The Morgan fingerprint density at radius 3 is 2.97 bits per heavy atom. The van der Waals surface area contributed by atoms with Crippen LogP contribution in [-0.4, -0.2) is 35.1 Å². The Hall–Kier alpha value is -3.21. The van der Waals surface area contributed by atoms with Gasteiger partial charge in [-0.15, -0.1) is 0 Å². The van der Waals surface area contributed by atoms with Crippen molar-refractivity contribution in [2.45, 2.75) is 51.6 Å². The summed E-state index contributed by atoms with van der Waals surface area (Å²) in [7, 11) is 0. The van der Waals surface area contributed by atoms with Gasteiger partial charge in [0.2, 0.25) is 0 Å². The number of aliphatic carboxylic acids is 1. The molecule has 1 aliphatic rings. The maximum atomic E-state index is 10.7. The number of rotatable bonds is 9. The van der Waals surface area contributed by atoms with E-state index < -0.39 is 18.4 Å². The van der Waals surface area contributed by atoms with Crippen LogP contribution < -0.4 is 4.74 Å². The number of pyridine rings is 1. The van der Waals surface area contributed by atoms with E-state index in [9.17, 15) is 10.1 Å². The molecule has 4 atom stereocenters. The van der Waals surface area contributed by atoms with Crippen LogP contribution >= 0.6 is 0 Å². The first-order valence-electron chi connectivity index (χ1n) is 10.7. The molecule has 7 nitrogen and oxygen atoms in total. The minimum atomic E-state index is -0.808. The molecular weight excluding hydrogens is 408 g/mol. The van der Waals surface area contributed by atoms with Gasteiger partial charge in [-0.05, 0) is 56.0 Å². The molecule has 2 heterocycles. The lowest BCUT2D eigenvalue weighted by atomic mass is 9.93. The SMILES string of the molecule is Cc1ccc(OC(C)C2OCC(C/C=C/CCC(=O)O)C(c3cccnc3)O2)c(C#N)c1. The van der Waals surface area contributed by atoms with E-state index in [2.05, 4.69) is 11.1 Å². The average Bonchev–Trinajstić information content (AvgIpc) is 2.80. The number of ether oxygens (including phenoxy) is 3. The summed E-state index contributed by atoms with van der Waals surface area (Å²) in [5.74, 6) is -0.255. The van der Waals surface area contributed by atoms with E-state index in [0.29, 0.717) is 30.8 Å². The van der Waals surface area contributed by atoms with Crippen LogP contribution in [0, 0.1) is 24.2 Å². The highest BCUT2D eigenvalue weighted by molar-refractivity contribution is 5.66. The third-order valence-electron chi connectivity index (χ3n) is 5.28. The lowest BCUT2D eigenvalue weighted by Crippen LogP contribution is -2.42. The number of nitriles is 1. The fourth-order valence-electron chi connectivity index (χ4n) is 3.62. The van der Waals surface area contributed by atoms with Crippen molar-refractivity contribution in [3.8, 4) is 11.8 Å². The zero-order valence-corrected chi connectivity index (χ0v) is 18.3. The molecule has 3 rings (SSSR count). The Labute approximate surface area is 188 Å². The Morgan fingerprint density at radius 1 is 1.41 bits per heavy atom. The minimum absolute atomic E-state index is 0.0535. The van der Waals surface area contributed by atoms with Gasteiger partial charge in [-0.2, -0.15) is 5.26 Å². The quantitative estimate of drug-likeness (QED) is 0.575. The van der Waals surface area contributed by atoms with Crippen LogP contribution in [0.5, 0.6) is 5.75 Å². The summed E-state index contributed by atoms with van der Waals surface area (Å²) in [5, 5.41) is 18.2. The number of carboxylic acids is 1. The zero-order chi connectivity index (χ0) is 22.9. The van der Waals surface area contributed by atoms with E-state index in [0.717, 1.165) is 11.1 Å². The Bertz CT molecular complexity index is 970. The summed E-state index contributed by atoms with van der Waals surface area (Å²) in [4.78, 5) is 14.9. The van der Waals surface area contributed by atoms with Crippen LogP contribution in [0.3, 0.4) is 0 Å². The maximum absolute atomic E-state index is 10.7. The Kier molecular flexibility index (Phi) is 8.37. The van der Waals surface area contributed by atoms with Gasteiger partial charge in [0.05, 0.1) is 18.3 Å². The van der Waals surface area contributed by atoms with Crippen molar-refractivity contribution in [1.29, 1.82) is 5.26 Å². The van der Waals surface area contributed by atoms with Crippen molar-refractivity contribution in [2.75, 3.05) is 6.61 Å². The number of carbonyl (C=O) groups is 1. The summed E-state index contributed by atoms with van der Waals surface area (Å²) in [5.41, 5.74) is 2.41. The molecule has 4 unspecified atom stereocenters. The highest BCUT2D eigenvalue weighted by Gasteiger charge is 2.36. The average molecular weight is 437 g/mol. The Morgan fingerprint density at radius 2 is 2.25 bits per heavy atom. The number of hydrogen-bond donors (Lipinski definition) is 1. The first-order valence-corrected chi connectivity index (χ1v) is 10.7. The van der Waals surface area contributed by atoms with Crippen molar-refractivity contribution in [3.05, 3.63) is 71.6 Å². The molecule has 32 heavy (non-hydrogen) atoms. The molecule has 0 saturated carbocycles. The molecule has 1 saturated heterocycles. The predicted octanol–water partition coefficient (Wildman–Crippen LogP) is 4.57. The fourth-order valence-corrected chi connectivity index (χ4v) is 3.62. The third-order valence-corrected chi connectivity index (χ3v) is 5.28. The monoisotopic (exact) mass is 436 g/mol. The number of nitrogens with zero attached hydrogens (tertiary/aromatic N) is 2. The Balaban J connectivity index is 1.69. The molecule has 1 fully saturated rings. The largest absolute Gasteiger partial charge is 0.484 e. The topological polar surface area (TPSA) is 102 Å². The van der Waals surface area contributed by atoms with Gasteiger partial charge in [-0.25, -0.2) is 0 Å². The molecule has 2 aromatic rings. The second-order valence-electron chi connectivity index (χ2n) is 7.88. The van der Waals surface area contributed by atoms with Crippen LogP contribution in [0.4, 0.5) is 0 Å². The van der Waals surface area contributed by atoms with Gasteiger partial charge in [0, 0.05) is 24.7 Å². The van der Waals surface area contributed by atoms with E-state index in [1.54, 1.807) is 24.5 Å². The molecule has 1 aliphatic heterocycles. The molecule has 1 N–H and O–H groups in total. The number of allylic oxidation sites excluding steroid dienone is 2. The molecule has 0 aliphatic carbocycles. The second-order valence-corrected chi connectivity index (χ2v) is 7.88. The van der Waals surface area contributed by atoms with Crippen LogP contribution in [-0.2, 0) is 14.3 Å². The lowest BCUT2D eigenvalue weighted by Gasteiger charge is -2.38. The molecule has 0 amide bonds. The maximum Gasteiger partial charge on any atom is 0.303 e. The van der Waals surface area contributed by atoms with Gasteiger partial charge < -0.3 is 19.3 Å². The molecule has 7 heteroatoms. The van der Waals surface area contributed by atoms with Crippen LogP contribution in [0.15, 0.2) is 54.9 Å². The van der Waals surface area contributed by atoms with E-state index in [4.69, 9.17) is 19.3 Å². The van der Waals surface area contributed by atoms with E-state index in [1.165, 1.54) is 0 Å². The first-order chi connectivity index (χ1) is 15.5. The predicted molar refractivity (Wildman–Crippen MR) is 118 cm³/mol. The number of aromatic nitrogens is 1. The van der Waals surface area contributed by atoms with Crippen LogP contribution in [0.1, 0.15) is 49.0 Å². The van der Waals surface area contributed by atoms with Crippen molar-refractivity contribution >= 4 is 5.97 Å². The number of aryl methyl sites for hydroxylation is 1.